The topological polar surface area (TPSA) is 110 Å². The van der Waals surface area contributed by atoms with Crippen molar-refractivity contribution in [1.29, 1.82) is 0 Å². The molecule has 2 aliphatic carbocycles. The molecule has 0 amide bonds. The quantitative estimate of drug-likeness (QED) is 0.0759. The van der Waals surface area contributed by atoms with Crippen molar-refractivity contribution in [3.8, 4) is 12.3 Å². The molecule has 1 aromatic heterocycles. The van der Waals surface area contributed by atoms with Gasteiger partial charge in [0.1, 0.15) is 23.7 Å². The van der Waals surface area contributed by atoms with Crippen LogP contribution in [0.4, 0.5) is 30.7 Å². The molecule has 4 rings (SSSR count). The minimum absolute atomic E-state index is 0.0596. The molecule has 2 aromatic rings. The number of Topliss-reactive ketones (excluding diaryl/α,β-unsaturated/α-hetero) is 2. The van der Waals surface area contributed by atoms with E-state index in [-0.39, 0.29) is 40.6 Å². The number of aliphatic imine (C=N–C) groups is 1. The lowest BCUT2D eigenvalue weighted by molar-refractivity contribution is -0.692. The number of rotatable bonds is 12. The average molecular weight is 732 g/mol. The van der Waals surface area contributed by atoms with Gasteiger partial charge in [0.25, 0.3) is 6.33 Å². The number of aryl methyl sites for hydroxylation is 1. The summed E-state index contributed by atoms with van der Waals surface area (Å²) in [5.41, 5.74) is 0.801. The van der Waals surface area contributed by atoms with E-state index < -0.39 is 47.9 Å². The van der Waals surface area contributed by atoms with E-state index in [1.807, 2.05) is 20.8 Å². The number of aliphatic hydroxyl groups excluding tert-OH is 1. The maximum Gasteiger partial charge on any atom is 0.439 e. The smallest absolute Gasteiger partial charge is 0.439 e. The molecule has 0 radical (unpaired) electrons. The number of hydrogen-bond acceptors (Lipinski definition) is 6. The Hall–Kier alpha value is -5.06. The molecule has 14 heteroatoms. The molecule has 0 spiro atoms. The molecule has 3 atom stereocenters. The predicted octanol–water partition coefficient (Wildman–Crippen LogP) is 7.90. The molecule has 1 heterocycles. The highest BCUT2D eigenvalue weighted by Crippen LogP contribution is 2.52. The fourth-order valence-corrected chi connectivity index (χ4v) is 6.32. The van der Waals surface area contributed by atoms with Gasteiger partial charge in [-0.15, -0.1) is 6.42 Å². The molecule has 7 nitrogen and oxygen atoms in total. The Labute approximate surface area is 296 Å². The highest BCUT2D eigenvalue weighted by Gasteiger charge is 2.76. The zero-order chi connectivity index (χ0) is 38.6. The van der Waals surface area contributed by atoms with Crippen LogP contribution in [0.25, 0.3) is 0 Å². The lowest BCUT2D eigenvalue weighted by Gasteiger charge is -2.38. The van der Waals surface area contributed by atoms with Gasteiger partial charge >= 0.3 is 18.0 Å². The van der Waals surface area contributed by atoms with Gasteiger partial charge in [0.2, 0.25) is 5.69 Å². The van der Waals surface area contributed by atoms with Crippen molar-refractivity contribution < 1.29 is 50.0 Å². The molecule has 2 aliphatic rings. The standard InChI is InChI=1S/C38H37F7N4O3/c1-5-10-22(3)34(51)28-18-24(6-2)17-23(4)33(28)26-13-14-27(26)35(52)30(48-29-11-8-7-9-12-31(29)50)19-25(46)20-49-16-15-32(47-21-49)36(39,37(40,41)42)38(43,44)45/h2,7,9,11-12,15-19,21-22,26-27H,5,8,10,13-14,20H2,1,3-4H3,(H2-,46,48,50)/p+1. The van der Waals surface area contributed by atoms with E-state index in [2.05, 4.69) is 15.9 Å². The van der Waals surface area contributed by atoms with Crippen molar-refractivity contribution in [2.75, 3.05) is 0 Å². The Balaban J connectivity index is 1.72. The number of nitrogens with two attached hydrogens (primary N) is 1. The summed E-state index contributed by atoms with van der Waals surface area (Å²) in [4.78, 5) is 35.5. The molecule has 1 aromatic carbocycles. The summed E-state index contributed by atoms with van der Waals surface area (Å²) in [6, 6.07) is 3.69. The van der Waals surface area contributed by atoms with Gasteiger partial charge in [0, 0.05) is 29.0 Å². The van der Waals surface area contributed by atoms with Gasteiger partial charge < -0.3 is 10.8 Å². The molecule has 1 saturated carbocycles. The molecule has 3 unspecified atom stereocenters. The van der Waals surface area contributed by atoms with Crippen molar-refractivity contribution >= 4 is 17.3 Å². The van der Waals surface area contributed by atoms with Crippen LogP contribution in [0.2, 0.25) is 0 Å². The summed E-state index contributed by atoms with van der Waals surface area (Å²) < 4.78 is 94.7. The number of ketones is 2. The van der Waals surface area contributed by atoms with Gasteiger partial charge in [-0.1, -0.05) is 44.4 Å². The summed E-state index contributed by atoms with van der Waals surface area (Å²) in [5.74, 6) is 0.425. The van der Waals surface area contributed by atoms with Crippen LogP contribution < -0.4 is 10.3 Å². The average Bonchev–Trinajstić information content (AvgIpc) is 3.26. The zero-order valence-electron chi connectivity index (χ0n) is 28.7. The molecule has 3 N–H and O–H groups in total. The first-order valence-electron chi connectivity index (χ1n) is 16.5. The number of aliphatic hydroxyl groups is 1. The zero-order valence-corrected chi connectivity index (χ0v) is 28.7. The summed E-state index contributed by atoms with van der Waals surface area (Å²) in [6.45, 7) is 5.24. The maximum absolute atomic E-state index is 14.5. The third-order valence-electron chi connectivity index (χ3n) is 9.15. The number of halogens is 7. The number of carbonyl (C=O) groups is 2. The Kier molecular flexibility index (Phi) is 12.0. The number of terminal acetylenes is 1. The van der Waals surface area contributed by atoms with Gasteiger partial charge in [0.05, 0.1) is 11.9 Å². The maximum atomic E-state index is 14.5. The summed E-state index contributed by atoms with van der Waals surface area (Å²) in [7, 11) is 0. The minimum Gasteiger partial charge on any atom is -0.506 e. The van der Waals surface area contributed by atoms with Crippen molar-refractivity contribution in [1.82, 2.24) is 4.98 Å². The molecule has 52 heavy (non-hydrogen) atoms. The van der Waals surface area contributed by atoms with Crippen LogP contribution in [0.3, 0.4) is 0 Å². The number of aromatic nitrogens is 2. The lowest BCUT2D eigenvalue weighted by atomic mass is 9.64. The molecule has 0 bridgehead atoms. The highest BCUT2D eigenvalue weighted by molar-refractivity contribution is 6.45. The van der Waals surface area contributed by atoms with Crippen molar-refractivity contribution in [2.24, 2.45) is 22.6 Å². The van der Waals surface area contributed by atoms with Gasteiger partial charge in [-0.2, -0.15) is 26.3 Å². The van der Waals surface area contributed by atoms with Crippen LogP contribution in [-0.2, 0) is 17.0 Å². The normalized spacial score (nSPS) is 19.2. The van der Waals surface area contributed by atoms with Crippen molar-refractivity contribution in [2.45, 2.75) is 83.4 Å². The number of hydrogen-bond donors (Lipinski definition) is 2. The summed E-state index contributed by atoms with van der Waals surface area (Å²) in [6.07, 6.45) is 4.61. The van der Waals surface area contributed by atoms with E-state index in [4.69, 9.17) is 12.2 Å². The Bertz CT molecular complexity index is 1880. The number of allylic oxidation sites excluding steroid dienone is 6. The Morgan fingerprint density at radius 1 is 1.17 bits per heavy atom. The first kappa shape index (κ1) is 39.7. The largest absolute Gasteiger partial charge is 0.506 e. The fourth-order valence-electron chi connectivity index (χ4n) is 6.32. The lowest BCUT2D eigenvalue weighted by Crippen LogP contribution is -2.51. The highest BCUT2D eigenvalue weighted by atomic mass is 19.4. The van der Waals surface area contributed by atoms with Gasteiger partial charge in [-0.05, 0) is 78.9 Å². The van der Waals surface area contributed by atoms with Crippen LogP contribution in [0.15, 0.2) is 83.2 Å². The first-order chi connectivity index (χ1) is 24.3. The van der Waals surface area contributed by atoms with E-state index in [1.54, 1.807) is 30.4 Å². The molecular formula is C38H38F7N4O3+. The minimum atomic E-state index is -6.33. The third kappa shape index (κ3) is 8.19. The molecular weight excluding hydrogens is 693 g/mol. The second-order valence-electron chi connectivity index (χ2n) is 12.9. The summed E-state index contributed by atoms with van der Waals surface area (Å²) >= 11 is 0. The molecule has 1 fully saturated rings. The number of benzene rings is 1. The monoisotopic (exact) mass is 731 g/mol. The molecule has 0 saturated heterocycles. The number of nitrogens with zero attached hydrogens (tertiary/aromatic N) is 3. The summed E-state index contributed by atoms with van der Waals surface area (Å²) in [5, 5.41) is 10.6. The number of alkyl halides is 7. The van der Waals surface area contributed by atoms with Crippen molar-refractivity contribution in [3.05, 3.63) is 106 Å². The molecule has 0 aliphatic heterocycles. The van der Waals surface area contributed by atoms with Crippen LogP contribution in [0.1, 0.15) is 84.6 Å². The second-order valence-corrected chi connectivity index (χ2v) is 12.9. The van der Waals surface area contributed by atoms with Crippen molar-refractivity contribution in [3.63, 3.8) is 0 Å². The van der Waals surface area contributed by atoms with Gasteiger partial charge in [-0.25, -0.2) is 13.9 Å². The third-order valence-corrected chi connectivity index (χ3v) is 9.15. The van der Waals surface area contributed by atoms with E-state index in [9.17, 15) is 45.4 Å². The second kappa shape index (κ2) is 15.7. The van der Waals surface area contributed by atoms with E-state index in [0.29, 0.717) is 48.7 Å². The fraction of sp³-hybridized carbons (Fsp3) is 0.395. The van der Waals surface area contributed by atoms with E-state index >= 15 is 0 Å². The van der Waals surface area contributed by atoms with Crippen LogP contribution >= 0.6 is 0 Å². The van der Waals surface area contributed by atoms with Gasteiger partial charge in [-0.3, -0.25) is 9.59 Å². The van der Waals surface area contributed by atoms with Crippen LogP contribution in [0.5, 0.6) is 0 Å². The number of carbonyl (C=O) groups excluding carboxylic acids is 2. The van der Waals surface area contributed by atoms with E-state index in [1.165, 1.54) is 12.2 Å². The van der Waals surface area contributed by atoms with E-state index in [0.717, 1.165) is 22.7 Å². The van der Waals surface area contributed by atoms with Gasteiger partial charge in [0.15, 0.2) is 11.6 Å². The Morgan fingerprint density at radius 3 is 2.42 bits per heavy atom. The van der Waals surface area contributed by atoms with Crippen LogP contribution in [0, 0.1) is 31.1 Å². The van der Waals surface area contributed by atoms with Crippen LogP contribution in [-0.4, -0.2) is 39.7 Å². The Morgan fingerprint density at radius 2 is 1.87 bits per heavy atom. The SMILES string of the molecule is C#Cc1cc(C)c(C2CCC2C(=O)C(C=C(N)C[n+]2ccc(C(F)(C(F)(F)F)C(F)(F)F)nc2)=NC2=CCC=CC=C2O)c(C(=O)C(C)CCC)c1. The predicted molar refractivity (Wildman–Crippen MR) is 180 cm³/mol. The first-order valence-corrected chi connectivity index (χ1v) is 16.5. The molecule has 276 valence electrons.